The molecule has 0 bridgehead atoms. The van der Waals surface area contributed by atoms with Crippen LogP contribution in [0, 0.1) is 6.92 Å². The monoisotopic (exact) mass is 346 g/mol. The average Bonchev–Trinajstić information content (AvgIpc) is 2.45. The van der Waals surface area contributed by atoms with Crippen molar-refractivity contribution in [2.45, 2.75) is 6.92 Å². The van der Waals surface area contributed by atoms with Gasteiger partial charge in [-0.1, -0.05) is 11.6 Å². The number of amides is 1. The average molecular weight is 347 g/mol. The lowest BCUT2D eigenvalue weighted by Gasteiger charge is -2.30. The molecule has 1 saturated heterocycles. The van der Waals surface area contributed by atoms with Gasteiger partial charge in [-0.25, -0.2) is 8.42 Å². The van der Waals surface area contributed by atoms with Crippen molar-refractivity contribution in [3.63, 3.8) is 0 Å². The van der Waals surface area contributed by atoms with E-state index in [0.717, 1.165) is 10.6 Å². The summed E-state index contributed by atoms with van der Waals surface area (Å²) in [5.41, 5.74) is 1.17. The summed E-state index contributed by atoms with van der Waals surface area (Å²) >= 11 is 5.91. The Kier molecular flexibility index (Phi) is 5.31. The van der Waals surface area contributed by atoms with Gasteiger partial charge in [-0.05, 0) is 30.7 Å². The summed E-state index contributed by atoms with van der Waals surface area (Å²) < 4.78 is 30.5. The number of hydrogen-bond donors (Lipinski definition) is 0. The van der Waals surface area contributed by atoms with Crippen LogP contribution in [-0.4, -0.2) is 58.3 Å². The van der Waals surface area contributed by atoms with Crippen LogP contribution < -0.4 is 4.31 Å². The summed E-state index contributed by atoms with van der Waals surface area (Å²) in [6.45, 7) is 3.46. The van der Waals surface area contributed by atoms with E-state index < -0.39 is 10.0 Å². The van der Waals surface area contributed by atoms with Gasteiger partial charge in [0, 0.05) is 18.1 Å². The van der Waals surface area contributed by atoms with Gasteiger partial charge in [0.15, 0.2) is 0 Å². The Labute approximate surface area is 135 Å². The number of anilines is 1. The topological polar surface area (TPSA) is 66.9 Å². The van der Waals surface area contributed by atoms with Crippen molar-refractivity contribution in [3.8, 4) is 0 Å². The minimum absolute atomic E-state index is 0.221. The van der Waals surface area contributed by atoms with Crippen molar-refractivity contribution in [2.24, 2.45) is 0 Å². The Morgan fingerprint density at radius 1 is 1.36 bits per heavy atom. The molecule has 0 unspecified atom stereocenters. The SMILES string of the molecule is Cc1cc(Cl)ccc1N(CC(=O)N1CCOCC1)S(C)(=O)=O. The molecule has 122 valence electrons. The predicted molar refractivity (Wildman–Crippen MR) is 85.8 cm³/mol. The molecule has 8 heteroatoms. The number of rotatable bonds is 4. The van der Waals surface area contributed by atoms with E-state index in [9.17, 15) is 13.2 Å². The summed E-state index contributed by atoms with van der Waals surface area (Å²) in [5, 5.41) is 0.522. The molecule has 0 aliphatic carbocycles. The van der Waals surface area contributed by atoms with Crippen LogP contribution in [0.15, 0.2) is 18.2 Å². The Balaban J connectivity index is 2.25. The highest BCUT2D eigenvalue weighted by atomic mass is 35.5. The van der Waals surface area contributed by atoms with Gasteiger partial charge in [0.2, 0.25) is 15.9 Å². The molecule has 1 aromatic rings. The second-order valence-electron chi connectivity index (χ2n) is 5.19. The first-order chi connectivity index (χ1) is 10.3. The summed E-state index contributed by atoms with van der Waals surface area (Å²) in [6, 6.07) is 4.90. The van der Waals surface area contributed by atoms with Gasteiger partial charge in [-0.2, -0.15) is 0 Å². The Morgan fingerprint density at radius 2 is 2.00 bits per heavy atom. The molecule has 0 radical (unpaired) electrons. The van der Waals surface area contributed by atoms with Crippen molar-refractivity contribution in [3.05, 3.63) is 28.8 Å². The molecule has 0 aromatic heterocycles. The lowest BCUT2D eigenvalue weighted by molar-refractivity contribution is -0.133. The van der Waals surface area contributed by atoms with Crippen LogP contribution in [0.3, 0.4) is 0 Å². The second-order valence-corrected chi connectivity index (χ2v) is 7.54. The quantitative estimate of drug-likeness (QED) is 0.823. The molecule has 2 rings (SSSR count). The fourth-order valence-corrected chi connectivity index (χ4v) is 3.45. The lowest BCUT2D eigenvalue weighted by Crippen LogP contribution is -2.47. The van der Waals surface area contributed by atoms with E-state index in [1.165, 1.54) is 0 Å². The summed E-state index contributed by atoms with van der Waals surface area (Å²) in [7, 11) is -3.58. The molecule has 22 heavy (non-hydrogen) atoms. The van der Waals surface area contributed by atoms with Crippen LogP contribution in [-0.2, 0) is 19.6 Å². The van der Waals surface area contributed by atoms with Gasteiger partial charge in [0.25, 0.3) is 0 Å². The minimum Gasteiger partial charge on any atom is -0.378 e. The van der Waals surface area contributed by atoms with E-state index in [-0.39, 0.29) is 12.5 Å². The maximum atomic E-state index is 12.3. The summed E-state index contributed by atoms with van der Waals surface area (Å²) in [5.74, 6) is -0.233. The van der Waals surface area contributed by atoms with Crippen LogP contribution in [0.2, 0.25) is 5.02 Å². The number of aryl methyl sites for hydroxylation is 1. The molecule has 1 aliphatic heterocycles. The van der Waals surface area contributed by atoms with Crippen LogP contribution in [0.1, 0.15) is 5.56 Å². The van der Waals surface area contributed by atoms with Crippen LogP contribution >= 0.6 is 11.6 Å². The molecule has 0 saturated carbocycles. The third-order valence-electron chi connectivity index (χ3n) is 3.47. The Morgan fingerprint density at radius 3 is 2.55 bits per heavy atom. The zero-order valence-corrected chi connectivity index (χ0v) is 14.2. The molecule has 1 aromatic carbocycles. The predicted octanol–water partition coefficient (Wildman–Crippen LogP) is 1.27. The maximum absolute atomic E-state index is 12.3. The van der Waals surface area contributed by atoms with Crippen LogP contribution in [0.5, 0.6) is 0 Å². The molecule has 1 amide bonds. The molecular weight excluding hydrogens is 328 g/mol. The standard InChI is InChI=1S/C14H19ClN2O4S/c1-11-9-12(15)3-4-13(11)17(22(2,19)20)10-14(18)16-5-7-21-8-6-16/h3-4,9H,5-8,10H2,1-2H3. The molecule has 0 spiro atoms. The lowest BCUT2D eigenvalue weighted by atomic mass is 10.2. The largest absolute Gasteiger partial charge is 0.378 e. The van der Waals surface area contributed by atoms with Gasteiger partial charge in [-0.15, -0.1) is 0 Å². The molecule has 1 aliphatic rings. The van der Waals surface area contributed by atoms with E-state index in [2.05, 4.69) is 0 Å². The van der Waals surface area contributed by atoms with Gasteiger partial charge in [0.05, 0.1) is 25.2 Å². The fraction of sp³-hybridized carbons (Fsp3) is 0.500. The molecule has 0 N–H and O–H groups in total. The van der Waals surface area contributed by atoms with Crippen LogP contribution in [0.25, 0.3) is 0 Å². The van der Waals surface area contributed by atoms with Crippen molar-refractivity contribution >= 4 is 33.2 Å². The smallest absolute Gasteiger partial charge is 0.243 e. The normalized spacial score (nSPS) is 15.7. The molecule has 0 atom stereocenters. The Hall–Kier alpha value is -1.31. The number of morpholine rings is 1. The number of nitrogens with zero attached hydrogens (tertiary/aromatic N) is 2. The number of ether oxygens (including phenoxy) is 1. The van der Waals surface area contributed by atoms with E-state index >= 15 is 0 Å². The van der Waals surface area contributed by atoms with Crippen molar-refractivity contribution in [1.82, 2.24) is 4.90 Å². The van der Waals surface area contributed by atoms with Crippen molar-refractivity contribution in [2.75, 3.05) is 43.4 Å². The van der Waals surface area contributed by atoms with Gasteiger partial charge in [0.1, 0.15) is 6.54 Å². The number of hydrogen-bond acceptors (Lipinski definition) is 4. The van der Waals surface area contributed by atoms with Gasteiger partial charge >= 0.3 is 0 Å². The maximum Gasteiger partial charge on any atom is 0.243 e. The van der Waals surface area contributed by atoms with E-state index in [4.69, 9.17) is 16.3 Å². The zero-order valence-electron chi connectivity index (χ0n) is 12.6. The van der Waals surface area contributed by atoms with E-state index in [1.54, 1.807) is 30.0 Å². The number of carbonyl (C=O) groups is 1. The molecule has 1 fully saturated rings. The number of sulfonamides is 1. The summed E-state index contributed by atoms with van der Waals surface area (Å²) in [4.78, 5) is 14.0. The number of benzene rings is 1. The molecule has 1 heterocycles. The fourth-order valence-electron chi connectivity index (χ4n) is 2.32. The van der Waals surface area contributed by atoms with Gasteiger partial charge < -0.3 is 9.64 Å². The number of carbonyl (C=O) groups excluding carboxylic acids is 1. The highest BCUT2D eigenvalue weighted by Crippen LogP contribution is 2.25. The molecular formula is C14H19ClN2O4S. The van der Waals surface area contributed by atoms with E-state index in [0.29, 0.717) is 42.6 Å². The number of halogens is 1. The second kappa shape index (κ2) is 6.85. The first-order valence-electron chi connectivity index (χ1n) is 6.88. The highest BCUT2D eigenvalue weighted by Gasteiger charge is 2.26. The molecule has 6 nitrogen and oxygen atoms in total. The first-order valence-corrected chi connectivity index (χ1v) is 9.11. The van der Waals surface area contributed by atoms with Crippen molar-refractivity contribution < 1.29 is 17.9 Å². The van der Waals surface area contributed by atoms with Crippen LogP contribution in [0.4, 0.5) is 5.69 Å². The Bertz CT molecular complexity index is 657. The third-order valence-corrected chi connectivity index (χ3v) is 4.83. The van der Waals surface area contributed by atoms with E-state index in [1.807, 2.05) is 0 Å². The highest BCUT2D eigenvalue weighted by molar-refractivity contribution is 7.92. The van der Waals surface area contributed by atoms with Crippen molar-refractivity contribution in [1.29, 1.82) is 0 Å². The zero-order chi connectivity index (χ0) is 16.3. The minimum atomic E-state index is -3.58. The first kappa shape index (κ1) is 17.1. The third kappa shape index (κ3) is 4.12. The summed E-state index contributed by atoms with van der Waals surface area (Å²) in [6.07, 6.45) is 1.09. The van der Waals surface area contributed by atoms with Gasteiger partial charge in [-0.3, -0.25) is 9.10 Å².